The van der Waals surface area contributed by atoms with Crippen LogP contribution in [0.4, 0.5) is 5.82 Å². The molecule has 0 unspecified atom stereocenters. The predicted molar refractivity (Wildman–Crippen MR) is 131 cm³/mol. The summed E-state index contributed by atoms with van der Waals surface area (Å²) in [5, 5.41) is 0.977. The summed E-state index contributed by atoms with van der Waals surface area (Å²) in [6.45, 7) is 6.77. The molecule has 0 atom stereocenters. The lowest BCUT2D eigenvalue weighted by atomic mass is 9.94. The van der Waals surface area contributed by atoms with Gasteiger partial charge in [-0.25, -0.2) is 18.4 Å². The van der Waals surface area contributed by atoms with E-state index in [2.05, 4.69) is 19.9 Å². The molecule has 10 heteroatoms. The number of hydrogen-bond donors (Lipinski definition) is 0. The highest BCUT2D eigenvalue weighted by Gasteiger charge is 2.26. The van der Waals surface area contributed by atoms with Gasteiger partial charge >= 0.3 is 5.97 Å². The van der Waals surface area contributed by atoms with E-state index in [4.69, 9.17) is 4.74 Å². The van der Waals surface area contributed by atoms with Crippen molar-refractivity contribution in [2.24, 2.45) is 5.92 Å². The van der Waals surface area contributed by atoms with Gasteiger partial charge in [0.2, 0.25) is 0 Å². The van der Waals surface area contributed by atoms with E-state index < -0.39 is 27.2 Å². The van der Waals surface area contributed by atoms with Crippen molar-refractivity contribution in [2.75, 3.05) is 29.5 Å². The van der Waals surface area contributed by atoms with Gasteiger partial charge in [0, 0.05) is 25.5 Å². The molecule has 0 amide bonds. The summed E-state index contributed by atoms with van der Waals surface area (Å²) >= 11 is 0. The Bertz CT molecular complexity index is 1240. The topological polar surface area (TPSA) is 107 Å². The number of aromatic nitrogens is 4. The third-order valence-corrected chi connectivity index (χ3v) is 7.43. The number of piperidine rings is 1. The fourth-order valence-electron chi connectivity index (χ4n) is 4.30. The van der Waals surface area contributed by atoms with Crippen molar-refractivity contribution in [2.45, 2.75) is 45.6 Å². The number of fused-ring (bicyclic) bond motifs is 1. The third-order valence-electron chi connectivity index (χ3n) is 5.89. The molecule has 1 aliphatic rings. The predicted octanol–water partition coefficient (Wildman–Crippen LogP) is 3.18. The molecule has 1 saturated heterocycles. The highest BCUT2D eigenvalue weighted by atomic mass is 32.2. The van der Waals surface area contributed by atoms with Gasteiger partial charge in [0.15, 0.2) is 9.84 Å². The lowest BCUT2D eigenvalue weighted by Crippen LogP contribution is -2.35. The second-order valence-corrected chi connectivity index (χ2v) is 11.9. The van der Waals surface area contributed by atoms with Gasteiger partial charge in [0.05, 0.1) is 23.0 Å². The van der Waals surface area contributed by atoms with Crippen molar-refractivity contribution in [1.29, 1.82) is 0 Å². The number of rotatable bonds is 7. The first kappa shape index (κ1) is 24.1. The summed E-state index contributed by atoms with van der Waals surface area (Å²) in [4.78, 5) is 27.4. The zero-order chi connectivity index (χ0) is 24.3. The number of nitrogens with zero attached hydrogens (tertiary/aromatic N) is 5. The Labute approximate surface area is 200 Å². The average Bonchev–Trinajstić information content (AvgIpc) is 3.21. The van der Waals surface area contributed by atoms with E-state index in [1.807, 2.05) is 29.0 Å². The summed E-state index contributed by atoms with van der Waals surface area (Å²) < 4.78 is 31.9. The zero-order valence-electron chi connectivity index (χ0n) is 19.8. The molecule has 0 aromatic carbocycles. The standard InChI is InChI=1S/C24H31N5O4S/c1-24(2,3)33-21(30)16-34(31,32)14-9-18-6-11-28(12-7-18)22-20-8-13-29(23(20)27-17-26-22)19-5-4-10-25-15-19/h4-5,8,10,13,15,17-18H,6-7,9,11-12,14,16H2,1-3H3. The number of sulfone groups is 1. The van der Waals surface area contributed by atoms with Crippen LogP contribution in [0.2, 0.25) is 0 Å². The van der Waals surface area contributed by atoms with Crippen LogP contribution < -0.4 is 4.90 Å². The number of carbonyl (C=O) groups excluding carboxylic acids is 1. The third kappa shape index (κ3) is 5.91. The van der Waals surface area contributed by atoms with Crippen molar-refractivity contribution >= 4 is 32.7 Å². The second-order valence-electron chi connectivity index (χ2n) is 9.73. The molecule has 34 heavy (non-hydrogen) atoms. The van der Waals surface area contributed by atoms with Crippen molar-refractivity contribution in [3.8, 4) is 5.69 Å². The Morgan fingerprint density at radius 2 is 1.94 bits per heavy atom. The van der Waals surface area contributed by atoms with E-state index in [-0.39, 0.29) is 5.75 Å². The van der Waals surface area contributed by atoms with Crippen molar-refractivity contribution in [3.05, 3.63) is 43.1 Å². The lowest BCUT2D eigenvalue weighted by molar-refractivity contribution is -0.151. The maximum atomic E-state index is 12.4. The Balaban J connectivity index is 1.35. The maximum absolute atomic E-state index is 12.4. The lowest BCUT2D eigenvalue weighted by Gasteiger charge is -2.33. The molecule has 1 aliphatic heterocycles. The van der Waals surface area contributed by atoms with E-state index in [1.54, 1.807) is 39.5 Å². The van der Waals surface area contributed by atoms with Gasteiger partial charge in [0.1, 0.15) is 29.1 Å². The minimum atomic E-state index is -3.49. The zero-order valence-corrected chi connectivity index (χ0v) is 20.7. The van der Waals surface area contributed by atoms with Gasteiger partial charge in [-0.3, -0.25) is 14.3 Å². The minimum absolute atomic E-state index is 0.00260. The molecular formula is C24H31N5O4S. The van der Waals surface area contributed by atoms with Gasteiger partial charge in [0.25, 0.3) is 0 Å². The first-order valence-corrected chi connectivity index (χ1v) is 13.3. The Morgan fingerprint density at radius 1 is 1.18 bits per heavy atom. The molecular weight excluding hydrogens is 454 g/mol. The van der Waals surface area contributed by atoms with Gasteiger partial charge in [-0.1, -0.05) is 0 Å². The van der Waals surface area contributed by atoms with Gasteiger partial charge in [-0.05, 0) is 64.2 Å². The maximum Gasteiger partial charge on any atom is 0.321 e. The number of esters is 1. The summed E-state index contributed by atoms with van der Waals surface area (Å²) in [5.74, 6) is -0.0579. The monoisotopic (exact) mass is 485 g/mol. The van der Waals surface area contributed by atoms with Gasteiger partial charge < -0.3 is 9.64 Å². The van der Waals surface area contributed by atoms with Crippen LogP contribution in [0.1, 0.15) is 40.0 Å². The Hall–Kier alpha value is -3.01. The molecule has 0 saturated carbocycles. The molecule has 182 valence electrons. The van der Waals surface area contributed by atoms with Gasteiger partial charge in [-0.2, -0.15) is 0 Å². The largest absolute Gasteiger partial charge is 0.459 e. The average molecular weight is 486 g/mol. The fourth-order valence-corrected chi connectivity index (χ4v) is 5.55. The molecule has 4 rings (SSSR count). The first-order chi connectivity index (χ1) is 16.1. The van der Waals surface area contributed by atoms with E-state index in [9.17, 15) is 13.2 Å². The van der Waals surface area contributed by atoms with Crippen LogP contribution in [0.3, 0.4) is 0 Å². The summed E-state index contributed by atoms with van der Waals surface area (Å²) in [6.07, 6.45) is 9.39. The first-order valence-electron chi connectivity index (χ1n) is 11.5. The molecule has 0 bridgehead atoms. The molecule has 4 heterocycles. The number of hydrogen-bond acceptors (Lipinski definition) is 8. The van der Waals surface area contributed by atoms with Crippen molar-refractivity contribution in [1.82, 2.24) is 19.5 Å². The fraction of sp³-hybridized carbons (Fsp3) is 0.500. The van der Waals surface area contributed by atoms with Crippen LogP contribution in [0.5, 0.6) is 0 Å². The molecule has 3 aromatic rings. The number of ether oxygens (including phenoxy) is 1. The molecule has 0 radical (unpaired) electrons. The highest BCUT2D eigenvalue weighted by Crippen LogP contribution is 2.30. The van der Waals surface area contributed by atoms with Crippen LogP contribution in [-0.2, 0) is 19.4 Å². The van der Waals surface area contributed by atoms with Crippen LogP contribution in [0.25, 0.3) is 16.7 Å². The molecule has 0 N–H and O–H groups in total. The van der Waals surface area contributed by atoms with E-state index in [0.717, 1.165) is 48.5 Å². The van der Waals surface area contributed by atoms with Crippen LogP contribution in [0, 0.1) is 5.92 Å². The van der Waals surface area contributed by atoms with Crippen LogP contribution in [-0.4, -0.2) is 64.1 Å². The normalized spacial score (nSPS) is 15.6. The number of anilines is 1. The van der Waals surface area contributed by atoms with E-state index in [0.29, 0.717) is 12.3 Å². The van der Waals surface area contributed by atoms with Crippen molar-refractivity contribution < 1.29 is 17.9 Å². The summed E-state index contributed by atoms with van der Waals surface area (Å²) in [7, 11) is -3.49. The quantitative estimate of drug-likeness (QED) is 0.470. The SMILES string of the molecule is CC(C)(C)OC(=O)CS(=O)(=O)CCC1CCN(c2ncnc3c2ccn3-c2cccnc2)CC1. The molecule has 9 nitrogen and oxygen atoms in total. The van der Waals surface area contributed by atoms with E-state index in [1.165, 1.54) is 0 Å². The molecule has 3 aromatic heterocycles. The second kappa shape index (κ2) is 9.69. The van der Waals surface area contributed by atoms with Gasteiger partial charge in [-0.15, -0.1) is 0 Å². The minimum Gasteiger partial charge on any atom is -0.459 e. The van der Waals surface area contributed by atoms with Crippen LogP contribution in [0.15, 0.2) is 43.1 Å². The van der Waals surface area contributed by atoms with E-state index >= 15 is 0 Å². The highest BCUT2D eigenvalue weighted by molar-refractivity contribution is 7.92. The number of carbonyl (C=O) groups is 1. The Kier molecular flexibility index (Phi) is 6.88. The Morgan fingerprint density at radius 3 is 2.62 bits per heavy atom. The van der Waals surface area contributed by atoms with Crippen molar-refractivity contribution in [3.63, 3.8) is 0 Å². The smallest absolute Gasteiger partial charge is 0.321 e. The summed E-state index contributed by atoms with van der Waals surface area (Å²) in [5.41, 5.74) is 1.08. The molecule has 0 spiro atoms. The van der Waals surface area contributed by atoms with Crippen LogP contribution >= 0.6 is 0 Å². The molecule has 1 fully saturated rings. The number of pyridine rings is 1. The molecule has 0 aliphatic carbocycles. The summed E-state index contributed by atoms with van der Waals surface area (Å²) in [6, 6.07) is 5.89.